The molecule has 2 atom stereocenters. The van der Waals surface area contributed by atoms with Gasteiger partial charge in [0, 0.05) is 18.5 Å². The number of nitrogens with two attached hydrogens (primary N) is 1. The molecule has 0 spiro atoms. The highest BCUT2D eigenvalue weighted by Crippen LogP contribution is 2.25. The average Bonchev–Trinajstić information content (AvgIpc) is 2.30. The highest BCUT2D eigenvalue weighted by atomic mass is 16.1. The number of nitrogens with one attached hydrogen (secondary N) is 1. The number of rotatable bonds is 5. The van der Waals surface area contributed by atoms with Gasteiger partial charge in [-0.05, 0) is 44.4 Å². The van der Waals surface area contributed by atoms with Gasteiger partial charge in [-0.1, -0.05) is 20.3 Å². The van der Waals surface area contributed by atoms with Crippen molar-refractivity contribution in [3.8, 4) is 0 Å². The Bertz CT molecular complexity index is 234. The fourth-order valence-corrected chi connectivity index (χ4v) is 2.46. The SMILES string of the molecule is CCC(C)C(C)NC(=O)CC1CCC(N)CC1. The number of hydrogen-bond donors (Lipinski definition) is 2. The van der Waals surface area contributed by atoms with E-state index in [9.17, 15) is 4.79 Å². The molecule has 0 bridgehead atoms. The first kappa shape index (κ1) is 14.5. The van der Waals surface area contributed by atoms with E-state index in [1.54, 1.807) is 0 Å². The van der Waals surface area contributed by atoms with E-state index in [1.165, 1.54) is 0 Å². The summed E-state index contributed by atoms with van der Waals surface area (Å²) in [5.41, 5.74) is 5.87. The summed E-state index contributed by atoms with van der Waals surface area (Å²) in [4.78, 5) is 11.9. The van der Waals surface area contributed by atoms with E-state index in [0.29, 0.717) is 30.3 Å². The van der Waals surface area contributed by atoms with Crippen LogP contribution in [0.4, 0.5) is 0 Å². The first-order valence-corrected chi connectivity index (χ1v) is 7.07. The molecular formula is C14H28N2O. The summed E-state index contributed by atoms with van der Waals surface area (Å²) < 4.78 is 0. The maximum absolute atomic E-state index is 11.9. The van der Waals surface area contributed by atoms with Crippen molar-refractivity contribution in [2.75, 3.05) is 0 Å². The normalized spacial score (nSPS) is 28.5. The number of carbonyl (C=O) groups excluding carboxylic acids is 1. The Morgan fingerprint density at radius 3 is 2.41 bits per heavy atom. The lowest BCUT2D eigenvalue weighted by Crippen LogP contribution is -2.38. The molecular weight excluding hydrogens is 212 g/mol. The Balaban J connectivity index is 2.25. The molecule has 0 saturated heterocycles. The molecule has 1 aliphatic rings. The zero-order chi connectivity index (χ0) is 12.8. The maximum Gasteiger partial charge on any atom is 0.220 e. The van der Waals surface area contributed by atoms with Gasteiger partial charge in [-0.15, -0.1) is 0 Å². The van der Waals surface area contributed by atoms with Crippen molar-refractivity contribution in [3.05, 3.63) is 0 Å². The molecule has 3 N–H and O–H groups in total. The van der Waals surface area contributed by atoms with Crippen LogP contribution in [0, 0.1) is 11.8 Å². The van der Waals surface area contributed by atoms with Crippen LogP contribution in [0.1, 0.15) is 59.3 Å². The largest absolute Gasteiger partial charge is 0.353 e. The van der Waals surface area contributed by atoms with Crippen LogP contribution in [0.5, 0.6) is 0 Å². The van der Waals surface area contributed by atoms with Gasteiger partial charge in [0.1, 0.15) is 0 Å². The fourth-order valence-electron chi connectivity index (χ4n) is 2.46. The minimum absolute atomic E-state index is 0.221. The van der Waals surface area contributed by atoms with Crippen LogP contribution >= 0.6 is 0 Å². The van der Waals surface area contributed by atoms with E-state index < -0.39 is 0 Å². The highest BCUT2D eigenvalue weighted by molar-refractivity contribution is 5.76. The minimum Gasteiger partial charge on any atom is -0.353 e. The molecule has 1 fully saturated rings. The smallest absolute Gasteiger partial charge is 0.220 e. The van der Waals surface area contributed by atoms with Crippen molar-refractivity contribution < 1.29 is 4.79 Å². The topological polar surface area (TPSA) is 55.1 Å². The average molecular weight is 240 g/mol. The van der Waals surface area contributed by atoms with Crippen LogP contribution in [-0.2, 0) is 4.79 Å². The molecule has 17 heavy (non-hydrogen) atoms. The molecule has 1 aliphatic carbocycles. The lowest BCUT2D eigenvalue weighted by atomic mass is 9.84. The monoisotopic (exact) mass is 240 g/mol. The van der Waals surface area contributed by atoms with E-state index in [-0.39, 0.29) is 5.91 Å². The highest BCUT2D eigenvalue weighted by Gasteiger charge is 2.22. The van der Waals surface area contributed by atoms with E-state index in [1.807, 2.05) is 0 Å². The second-order valence-electron chi connectivity index (χ2n) is 5.73. The van der Waals surface area contributed by atoms with Gasteiger partial charge in [0.05, 0.1) is 0 Å². The molecule has 100 valence electrons. The molecule has 1 saturated carbocycles. The maximum atomic E-state index is 11.9. The van der Waals surface area contributed by atoms with Crippen LogP contribution in [0.25, 0.3) is 0 Å². The van der Waals surface area contributed by atoms with Gasteiger partial charge in [0.2, 0.25) is 5.91 Å². The molecule has 1 amide bonds. The Kier molecular flexibility index (Phi) is 5.96. The van der Waals surface area contributed by atoms with Crippen LogP contribution in [-0.4, -0.2) is 18.0 Å². The summed E-state index contributed by atoms with van der Waals surface area (Å²) in [6, 6.07) is 0.659. The van der Waals surface area contributed by atoms with Crippen molar-refractivity contribution in [2.45, 2.75) is 71.4 Å². The van der Waals surface area contributed by atoms with Gasteiger partial charge < -0.3 is 11.1 Å². The van der Waals surface area contributed by atoms with Crippen molar-refractivity contribution in [1.29, 1.82) is 0 Å². The Morgan fingerprint density at radius 1 is 1.29 bits per heavy atom. The Labute approximate surface area is 106 Å². The first-order valence-electron chi connectivity index (χ1n) is 7.07. The van der Waals surface area contributed by atoms with Gasteiger partial charge in [-0.25, -0.2) is 0 Å². The molecule has 0 aromatic carbocycles. The zero-order valence-electron chi connectivity index (χ0n) is 11.5. The Hall–Kier alpha value is -0.570. The van der Waals surface area contributed by atoms with E-state index in [2.05, 4.69) is 26.1 Å². The molecule has 0 aromatic rings. The van der Waals surface area contributed by atoms with E-state index >= 15 is 0 Å². The molecule has 1 rings (SSSR count). The quantitative estimate of drug-likeness (QED) is 0.775. The van der Waals surface area contributed by atoms with Gasteiger partial charge in [-0.2, -0.15) is 0 Å². The van der Waals surface area contributed by atoms with Crippen molar-refractivity contribution in [1.82, 2.24) is 5.32 Å². The van der Waals surface area contributed by atoms with Crippen LogP contribution in [0.3, 0.4) is 0 Å². The summed E-state index contributed by atoms with van der Waals surface area (Å²) in [5.74, 6) is 1.33. The lowest BCUT2D eigenvalue weighted by Gasteiger charge is -2.27. The molecule has 0 aliphatic heterocycles. The van der Waals surface area contributed by atoms with Gasteiger partial charge in [-0.3, -0.25) is 4.79 Å². The summed E-state index contributed by atoms with van der Waals surface area (Å²) in [7, 11) is 0. The van der Waals surface area contributed by atoms with Crippen LogP contribution in [0.15, 0.2) is 0 Å². The molecule has 0 aromatic heterocycles. The van der Waals surface area contributed by atoms with Crippen molar-refractivity contribution >= 4 is 5.91 Å². The van der Waals surface area contributed by atoms with Crippen LogP contribution in [0.2, 0.25) is 0 Å². The number of amides is 1. The predicted octanol–water partition coefficient (Wildman–Crippen LogP) is 2.44. The van der Waals surface area contributed by atoms with Gasteiger partial charge >= 0.3 is 0 Å². The van der Waals surface area contributed by atoms with Gasteiger partial charge in [0.25, 0.3) is 0 Å². The molecule has 3 heteroatoms. The van der Waals surface area contributed by atoms with Crippen molar-refractivity contribution in [2.24, 2.45) is 17.6 Å². The lowest BCUT2D eigenvalue weighted by molar-refractivity contribution is -0.123. The minimum atomic E-state index is 0.221. The summed E-state index contributed by atoms with van der Waals surface area (Å²) in [6.07, 6.45) is 6.20. The van der Waals surface area contributed by atoms with Crippen LogP contribution < -0.4 is 11.1 Å². The first-order chi connectivity index (χ1) is 8.02. The fraction of sp³-hybridized carbons (Fsp3) is 0.929. The number of hydrogen-bond acceptors (Lipinski definition) is 2. The second-order valence-corrected chi connectivity index (χ2v) is 5.73. The standard InChI is InChI=1S/C14H28N2O/c1-4-10(2)11(3)16-14(17)9-12-5-7-13(15)8-6-12/h10-13H,4-9,15H2,1-3H3,(H,16,17). The number of carbonyl (C=O) groups is 1. The second kappa shape index (κ2) is 7.00. The van der Waals surface area contributed by atoms with Crippen molar-refractivity contribution in [3.63, 3.8) is 0 Å². The van der Waals surface area contributed by atoms with E-state index in [4.69, 9.17) is 5.73 Å². The Morgan fingerprint density at radius 2 is 1.88 bits per heavy atom. The van der Waals surface area contributed by atoms with E-state index in [0.717, 1.165) is 32.1 Å². The zero-order valence-corrected chi connectivity index (χ0v) is 11.5. The van der Waals surface area contributed by atoms with Gasteiger partial charge in [0.15, 0.2) is 0 Å². The third-order valence-electron chi connectivity index (χ3n) is 4.25. The summed E-state index contributed by atoms with van der Waals surface area (Å²) in [6.45, 7) is 6.45. The molecule has 0 heterocycles. The molecule has 3 nitrogen and oxygen atoms in total. The summed E-state index contributed by atoms with van der Waals surface area (Å²) >= 11 is 0. The third kappa shape index (κ3) is 5.07. The predicted molar refractivity (Wildman–Crippen MR) is 71.6 cm³/mol. The third-order valence-corrected chi connectivity index (χ3v) is 4.25. The summed E-state index contributed by atoms with van der Waals surface area (Å²) in [5, 5.41) is 3.12. The molecule has 0 radical (unpaired) electrons. The molecule has 2 unspecified atom stereocenters.